The Hall–Kier alpha value is -2.64. The van der Waals surface area contributed by atoms with Crippen LogP contribution >= 0.6 is 23.4 Å². The van der Waals surface area contributed by atoms with Gasteiger partial charge < -0.3 is 15.5 Å². The first kappa shape index (κ1) is 21.6. The SMILES string of the molecule is Cn1ncc(CNc2ccc(Cl)cc2)c1NCc1ccc(C(=N)N2CCSCC2)cc1. The minimum Gasteiger partial charge on any atom is -0.381 e. The third-order valence-corrected chi connectivity index (χ3v) is 6.55. The summed E-state index contributed by atoms with van der Waals surface area (Å²) < 4.78 is 1.86. The lowest BCUT2D eigenvalue weighted by molar-refractivity contribution is 0.461. The van der Waals surface area contributed by atoms with E-state index in [0.29, 0.717) is 18.9 Å². The Bertz CT molecular complexity index is 1010. The van der Waals surface area contributed by atoms with Crippen molar-refractivity contribution in [2.24, 2.45) is 7.05 Å². The minimum absolute atomic E-state index is 0.627. The quantitative estimate of drug-likeness (QED) is 0.357. The highest BCUT2D eigenvalue weighted by molar-refractivity contribution is 7.99. The number of halogens is 1. The molecule has 0 amide bonds. The number of anilines is 2. The smallest absolute Gasteiger partial charge is 0.129 e. The molecule has 3 aromatic rings. The van der Waals surface area contributed by atoms with E-state index in [4.69, 9.17) is 17.0 Å². The summed E-state index contributed by atoms with van der Waals surface area (Å²) in [5.41, 5.74) is 4.26. The summed E-state index contributed by atoms with van der Waals surface area (Å²) >= 11 is 7.92. The Morgan fingerprint density at radius 2 is 1.74 bits per heavy atom. The van der Waals surface area contributed by atoms with Gasteiger partial charge in [0.05, 0.1) is 6.20 Å². The molecule has 1 saturated heterocycles. The number of aryl methyl sites for hydroxylation is 1. The number of hydrogen-bond acceptors (Lipinski definition) is 5. The molecule has 0 aliphatic carbocycles. The van der Waals surface area contributed by atoms with E-state index < -0.39 is 0 Å². The number of benzene rings is 2. The molecule has 31 heavy (non-hydrogen) atoms. The number of rotatable bonds is 7. The van der Waals surface area contributed by atoms with Gasteiger partial charge in [-0.25, -0.2) is 0 Å². The normalized spacial score (nSPS) is 13.8. The second-order valence-electron chi connectivity index (χ2n) is 7.50. The number of thioether (sulfide) groups is 1. The van der Waals surface area contributed by atoms with E-state index in [1.807, 2.05) is 66.1 Å². The van der Waals surface area contributed by atoms with Crippen LogP contribution in [-0.4, -0.2) is 45.1 Å². The lowest BCUT2D eigenvalue weighted by atomic mass is 10.1. The van der Waals surface area contributed by atoms with Crippen LogP contribution < -0.4 is 10.6 Å². The van der Waals surface area contributed by atoms with Crippen molar-refractivity contribution in [3.05, 3.63) is 76.4 Å². The van der Waals surface area contributed by atoms with Crippen LogP contribution in [-0.2, 0) is 20.1 Å². The third kappa shape index (κ3) is 5.54. The van der Waals surface area contributed by atoms with Crippen molar-refractivity contribution in [2.75, 3.05) is 35.2 Å². The van der Waals surface area contributed by atoms with Crippen molar-refractivity contribution < 1.29 is 0 Å². The summed E-state index contributed by atoms with van der Waals surface area (Å²) in [6, 6.07) is 16.0. The molecule has 0 bridgehead atoms. The predicted octanol–water partition coefficient (Wildman–Crippen LogP) is 4.67. The highest BCUT2D eigenvalue weighted by atomic mass is 35.5. The van der Waals surface area contributed by atoms with Gasteiger partial charge >= 0.3 is 0 Å². The first-order chi connectivity index (χ1) is 15.1. The van der Waals surface area contributed by atoms with Gasteiger partial charge in [0.25, 0.3) is 0 Å². The number of aromatic nitrogens is 2. The van der Waals surface area contributed by atoms with E-state index >= 15 is 0 Å². The number of hydrogen-bond donors (Lipinski definition) is 3. The molecule has 0 unspecified atom stereocenters. The zero-order valence-corrected chi connectivity index (χ0v) is 19.1. The topological polar surface area (TPSA) is 69.0 Å². The Morgan fingerprint density at radius 3 is 2.45 bits per heavy atom. The summed E-state index contributed by atoms with van der Waals surface area (Å²) in [4.78, 5) is 2.17. The summed E-state index contributed by atoms with van der Waals surface area (Å²) in [5.74, 6) is 3.82. The Morgan fingerprint density at radius 1 is 1.03 bits per heavy atom. The van der Waals surface area contributed by atoms with Gasteiger partial charge in [-0.05, 0) is 29.8 Å². The van der Waals surface area contributed by atoms with Crippen molar-refractivity contribution in [3.8, 4) is 0 Å². The fourth-order valence-corrected chi connectivity index (χ4v) is 4.57. The highest BCUT2D eigenvalue weighted by Crippen LogP contribution is 2.19. The van der Waals surface area contributed by atoms with E-state index in [9.17, 15) is 0 Å². The van der Waals surface area contributed by atoms with Crippen LogP contribution in [0.3, 0.4) is 0 Å². The Balaban J connectivity index is 1.35. The highest BCUT2D eigenvalue weighted by Gasteiger charge is 2.15. The molecule has 4 rings (SSSR count). The molecule has 6 nitrogen and oxygen atoms in total. The Labute approximate surface area is 192 Å². The van der Waals surface area contributed by atoms with Gasteiger partial charge in [-0.15, -0.1) is 0 Å². The standard InChI is InChI=1S/C23H27ClN6S/c1-29-23(19(16-28-29)15-26-21-8-6-20(24)7-9-21)27-14-17-2-4-18(5-3-17)22(25)30-10-12-31-13-11-30/h2-9,16,25-27H,10-15H2,1H3. The van der Waals surface area contributed by atoms with E-state index in [1.54, 1.807) is 0 Å². The van der Waals surface area contributed by atoms with Crippen LogP contribution in [0.25, 0.3) is 0 Å². The summed E-state index contributed by atoms with van der Waals surface area (Å²) in [6.45, 7) is 3.28. The van der Waals surface area contributed by atoms with E-state index in [2.05, 4.69) is 32.8 Å². The van der Waals surface area contributed by atoms with Crippen molar-refractivity contribution in [1.82, 2.24) is 14.7 Å². The second kappa shape index (κ2) is 10.1. The van der Waals surface area contributed by atoms with Gasteiger partial charge in [0.1, 0.15) is 11.7 Å². The Kier molecular flexibility index (Phi) is 7.04. The van der Waals surface area contributed by atoms with Crippen LogP contribution in [0.1, 0.15) is 16.7 Å². The number of nitrogens with one attached hydrogen (secondary N) is 3. The maximum atomic E-state index is 8.47. The van der Waals surface area contributed by atoms with E-state index in [-0.39, 0.29) is 0 Å². The van der Waals surface area contributed by atoms with Crippen LogP contribution in [0.4, 0.5) is 11.5 Å². The van der Waals surface area contributed by atoms with Gasteiger partial charge in [0.15, 0.2) is 0 Å². The summed E-state index contributed by atoms with van der Waals surface area (Å²) in [6.07, 6.45) is 1.88. The zero-order chi connectivity index (χ0) is 21.6. The van der Waals surface area contributed by atoms with Crippen molar-refractivity contribution in [2.45, 2.75) is 13.1 Å². The molecule has 1 fully saturated rings. The summed E-state index contributed by atoms with van der Waals surface area (Å²) in [5, 5.41) is 20.5. The van der Waals surface area contributed by atoms with Gasteiger partial charge in [-0.2, -0.15) is 16.9 Å². The van der Waals surface area contributed by atoms with E-state index in [0.717, 1.165) is 52.3 Å². The van der Waals surface area contributed by atoms with Crippen LogP contribution in [0.2, 0.25) is 5.02 Å². The molecule has 1 aromatic heterocycles. The first-order valence-electron chi connectivity index (χ1n) is 10.3. The average molecular weight is 455 g/mol. The average Bonchev–Trinajstić information content (AvgIpc) is 3.17. The van der Waals surface area contributed by atoms with Crippen molar-refractivity contribution in [1.29, 1.82) is 5.41 Å². The molecule has 162 valence electrons. The third-order valence-electron chi connectivity index (χ3n) is 5.36. The van der Waals surface area contributed by atoms with E-state index in [1.165, 1.54) is 5.56 Å². The first-order valence-corrected chi connectivity index (χ1v) is 11.9. The van der Waals surface area contributed by atoms with Crippen molar-refractivity contribution >= 4 is 40.7 Å². The number of nitrogens with zero attached hydrogens (tertiary/aromatic N) is 3. The van der Waals surface area contributed by atoms with Crippen LogP contribution in [0, 0.1) is 5.41 Å². The monoisotopic (exact) mass is 454 g/mol. The molecular weight excluding hydrogens is 428 g/mol. The summed E-state index contributed by atoms with van der Waals surface area (Å²) in [7, 11) is 1.94. The fraction of sp³-hybridized carbons (Fsp3) is 0.304. The lowest BCUT2D eigenvalue weighted by Gasteiger charge is -2.28. The van der Waals surface area contributed by atoms with Gasteiger partial charge in [-0.3, -0.25) is 10.1 Å². The molecule has 1 aliphatic heterocycles. The molecule has 0 radical (unpaired) electrons. The van der Waals surface area contributed by atoms with Gasteiger partial charge in [0, 0.05) is 66.6 Å². The maximum absolute atomic E-state index is 8.47. The fourth-order valence-electron chi connectivity index (χ4n) is 3.54. The molecule has 1 aliphatic rings. The predicted molar refractivity (Wildman–Crippen MR) is 131 cm³/mol. The maximum Gasteiger partial charge on any atom is 0.129 e. The van der Waals surface area contributed by atoms with Gasteiger partial charge in [0.2, 0.25) is 0 Å². The molecule has 2 aromatic carbocycles. The van der Waals surface area contributed by atoms with Gasteiger partial charge in [-0.1, -0.05) is 35.9 Å². The minimum atomic E-state index is 0.627. The van der Waals surface area contributed by atoms with Crippen LogP contribution in [0.5, 0.6) is 0 Å². The number of amidine groups is 1. The van der Waals surface area contributed by atoms with Crippen LogP contribution in [0.15, 0.2) is 54.7 Å². The molecule has 0 spiro atoms. The second-order valence-corrected chi connectivity index (χ2v) is 9.16. The molecule has 2 heterocycles. The molecule has 3 N–H and O–H groups in total. The molecular formula is C23H27ClN6S. The molecule has 8 heteroatoms. The zero-order valence-electron chi connectivity index (χ0n) is 17.6. The largest absolute Gasteiger partial charge is 0.381 e. The molecule has 0 atom stereocenters. The molecule has 0 saturated carbocycles. The lowest BCUT2D eigenvalue weighted by Crippen LogP contribution is -2.37. The van der Waals surface area contributed by atoms with Crippen molar-refractivity contribution in [3.63, 3.8) is 0 Å².